The van der Waals surface area contributed by atoms with Gasteiger partial charge in [-0.05, 0) is 18.3 Å². The third kappa shape index (κ3) is 2.98. The molecular formula is C15H21N5O4S. The maximum absolute atomic E-state index is 12.1. The van der Waals surface area contributed by atoms with E-state index in [1.165, 1.54) is 10.6 Å². The zero-order chi connectivity index (χ0) is 17.7. The molecular weight excluding hydrogens is 346 g/mol. The van der Waals surface area contributed by atoms with E-state index in [4.69, 9.17) is 9.26 Å². The van der Waals surface area contributed by atoms with E-state index in [0.29, 0.717) is 43.7 Å². The molecule has 2 aromatic heterocycles. The van der Waals surface area contributed by atoms with Crippen molar-refractivity contribution in [2.75, 3.05) is 32.6 Å². The van der Waals surface area contributed by atoms with Crippen LogP contribution in [0.5, 0.6) is 0 Å². The van der Waals surface area contributed by atoms with Gasteiger partial charge in [0.2, 0.25) is 10.0 Å². The van der Waals surface area contributed by atoms with Gasteiger partial charge >= 0.3 is 0 Å². The minimum absolute atomic E-state index is 0.104. The Balaban J connectivity index is 1.68. The molecule has 0 amide bonds. The molecule has 1 spiro atoms. The minimum atomic E-state index is -3.27. The molecule has 4 rings (SSSR count). The van der Waals surface area contributed by atoms with Gasteiger partial charge in [0.05, 0.1) is 12.6 Å². The first-order chi connectivity index (χ1) is 11.9. The van der Waals surface area contributed by atoms with Gasteiger partial charge in [0.1, 0.15) is 5.69 Å². The number of imidazole rings is 1. The number of aryl methyl sites for hydroxylation is 1. The Morgan fingerprint density at radius 3 is 2.72 bits per heavy atom. The maximum atomic E-state index is 12.1. The molecule has 2 fully saturated rings. The maximum Gasteiger partial charge on any atom is 0.278 e. The van der Waals surface area contributed by atoms with Crippen LogP contribution in [0.2, 0.25) is 0 Å². The number of hydrogen-bond donors (Lipinski definition) is 0. The summed E-state index contributed by atoms with van der Waals surface area (Å²) in [5, 5.41) is 4.15. The van der Waals surface area contributed by atoms with Crippen LogP contribution in [0.1, 0.15) is 24.6 Å². The van der Waals surface area contributed by atoms with Crippen LogP contribution in [0.3, 0.4) is 0 Å². The molecule has 2 aliphatic rings. The summed E-state index contributed by atoms with van der Waals surface area (Å²) < 4.78 is 38.4. The van der Waals surface area contributed by atoms with Crippen molar-refractivity contribution in [3.05, 3.63) is 18.3 Å². The first kappa shape index (κ1) is 16.7. The molecule has 136 valence electrons. The van der Waals surface area contributed by atoms with Gasteiger partial charge in [-0.15, -0.1) is 0 Å². The van der Waals surface area contributed by atoms with Gasteiger partial charge in [0, 0.05) is 45.5 Å². The summed E-state index contributed by atoms with van der Waals surface area (Å²) in [5.74, 6) is 0.802. The van der Waals surface area contributed by atoms with Crippen molar-refractivity contribution in [3.8, 4) is 11.6 Å². The van der Waals surface area contributed by atoms with E-state index in [1.54, 1.807) is 17.1 Å². The van der Waals surface area contributed by atoms with Gasteiger partial charge in [-0.2, -0.15) is 4.98 Å². The van der Waals surface area contributed by atoms with Crippen LogP contribution in [0.15, 0.2) is 17.0 Å². The van der Waals surface area contributed by atoms with E-state index in [9.17, 15) is 8.42 Å². The van der Waals surface area contributed by atoms with Crippen molar-refractivity contribution in [2.45, 2.75) is 18.8 Å². The number of aromatic nitrogens is 4. The molecule has 0 radical (unpaired) electrons. The van der Waals surface area contributed by atoms with E-state index >= 15 is 0 Å². The van der Waals surface area contributed by atoms with E-state index in [1.807, 2.05) is 7.05 Å². The Bertz CT molecular complexity index is 868. The molecule has 0 N–H and O–H groups in total. The van der Waals surface area contributed by atoms with Gasteiger partial charge < -0.3 is 13.8 Å². The van der Waals surface area contributed by atoms with E-state index in [-0.39, 0.29) is 11.3 Å². The lowest BCUT2D eigenvalue weighted by atomic mass is 9.72. The molecule has 25 heavy (non-hydrogen) atoms. The molecule has 9 nitrogen and oxygen atoms in total. The van der Waals surface area contributed by atoms with Crippen LogP contribution in [0.25, 0.3) is 11.6 Å². The zero-order valence-electron chi connectivity index (χ0n) is 14.3. The Labute approximate surface area is 146 Å². The SMILES string of the molecule is Cn1cnc(-c2nc(C3CN(S(C)(=O)=O)CC34CCOCC4)no2)c1. The molecule has 0 aromatic carbocycles. The number of sulfonamides is 1. The van der Waals surface area contributed by atoms with Crippen molar-refractivity contribution < 1.29 is 17.7 Å². The summed E-state index contributed by atoms with van der Waals surface area (Å²) in [4.78, 5) is 8.75. The molecule has 2 aromatic rings. The van der Waals surface area contributed by atoms with Crippen molar-refractivity contribution in [3.63, 3.8) is 0 Å². The van der Waals surface area contributed by atoms with Crippen LogP contribution in [0, 0.1) is 5.41 Å². The molecule has 2 saturated heterocycles. The molecule has 1 atom stereocenters. The lowest BCUT2D eigenvalue weighted by molar-refractivity contribution is 0.0132. The lowest BCUT2D eigenvalue weighted by Crippen LogP contribution is -2.37. The number of rotatable bonds is 3. The van der Waals surface area contributed by atoms with Crippen LogP contribution in [0.4, 0.5) is 0 Å². The van der Waals surface area contributed by atoms with E-state index in [2.05, 4.69) is 15.1 Å². The summed E-state index contributed by atoms with van der Waals surface area (Å²) in [7, 11) is -1.40. The molecule has 4 heterocycles. The highest BCUT2D eigenvalue weighted by molar-refractivity contribution is 7.88. The van der Waals surface area contributed by atoms with Crippen LogP contribution < -0.4 is 0 Å². The van der Waals surface area contributed by atoms with Crippen molar-refractivity contribution in [1.82, 2.24) is 24.0 Å². The summed E-state index contributed by atoms with van der Waals surface area (Å²) in [6.45, 7) is 2.10. The number of hydrogen-bond acceptors (Lipinski definition) is 7. The van der Waals surface area contributed by atoms with E-state index in [0.717, 1.165) is 12.8 Å². The predicted octanol–water partition coefficient (Wildman–Crippen LogP) is 0.626. The normalized spacial score (nSPS) is 24.2. The van der Waals surface area contributed by atoms with Gasteiger partial charge in [-0.25, -0.2) is 17.7 Å². The smallest absolute Gasteiger partial charge is 0.278 e. The predicted molar refractivity (Wildman–Crippen MR) is 88.1 cm³/mol. The second-order valence-electron chi connectivity index (χ2n) is 6.96. The quantitative estimate of drug-likeness (QED) is 0.783. The monoisotopic (exact) mass is 367 g/mol. The van der Waals surface area contributed by atoms with Crippen LogP contribution >= 0.6 is 0 Å². The highest BCUT2D eigenvalue weighted by atomic mass is 32.2. The molecule has 10 heteroatoms. The second-order valence-corrected chi connectivity index (χ2v) is 8.95. The third-order valence-electron chi connectivity index (χ3n) is 5.25. The van der Waals surface area contributed by atoms with Crippen molar-refractivity contribution >= 4 is 10.0 Å². The summed E-state index contributed by atoms with van der Waals surface area (Å²) in [6, 6.07) is 0. The van der Waals surface area contributed by atoms with Gasteiger partial charge in [-0.1, -0.05) is 5.16 Å². The summed E-state index contributed by atoms with van der Waals surface area (Å²) in [5.41, 5.74) is 0.410. The fourth-order valence-electron chi connectivity index (χ4n) is 3.82. The van der Waals surface area contributed by atoms with Gasteiger partial charge in [-0.3, -0.25) is 0 Å². The number of ether oxygens (including phenoxy) is 1. The summed E-state index contributed by atoms with van der Waals surface area (Å²) in [6.07, 6.45) is 6.30. The van der Waals surface area contributed by atoms with E-state index < -0.39 is 10.0 Å². The lowest BCUT2D eigenvalue weighted by Gasteiger charge is -2.36. The highest BCUT2D eigenvalue weighted by Gasteiger charge is 2.52. The average molecular weight is 367 g/mol. The minimum Gasteiger partial charge on any atom is -0.381 e. The second kappa shape index (κ2) is 5.89. The Morgan fingerprint density at radius 1 is 1.32 bits per heavy atom. The first-order valence-corrected chi connectivity index (χ1v) is 10.1. The number of nitrogens with zero attached hydrogens (tertiary/aromatic N) is 5. The first-order valence-electron chi connectivity index (χ1n) is 8.22. The Hall–Kier alpha value is -1.78. The highest BCUT2D eigenvalue weighted by Crippen LogP contribution is 2.49. The van der Waals surface area contributed by atoms with Crippen LogP contribution in [-0.2, 0) is 21.8 Å². The van der Waals surface area contributed by atoms with Gasteiger partial charge in [0.25, 0.3) is 5.89 Å². The van der Waals surface area contributed by atoms with Crippen molar-refractivity contribution in [2.24, 2.45) is 12.5 Å². The Kier molecular flexibility index (Phi) is 3.93. The van der Waals surface area contributed by atoms with Crippen molar-refractivity contribution in [1.29, 1.82) is 0 Å². The molecule has 2 aliphatic heterocycles. The average Bonchev–Trinajstić information content (AvgIpc) is 3.26. The molecule has 0 bridgehead atoms. The Morgan fingerprint density at radius 2 is 2.08 bits per heavy atom. The third-order valence-corrected chi connectivity index (χ3v) is 6.47. The fraction of sp³-hybridized carbons (Fsp3) is 0.667. The van der Waals surface area contributed by atoms with Crippen LogP contribution in [-0.4, -0.2) is 65.0 Å². The fourth-order valence-corrected chi connectivity index (χ4v) is 4.73. The standard InChI is InChI=1S/C15H21N5O4S/c1-19-8-12(16-10-19)14-17-13(18-24-14)11-7-20(25(2,21)22)9-15(11)3-5-23-6-4-15/h8,10-11H,3-7,9H2,1-2H3. The molecule has 1 unspecified atom stereocenters. The van der Waals surface area contributed by atoms with Gasteiger partial charge in [0.15, 0.2) is 5.82 Å². The largest absolute Gasteiger partial charge is 0.381 e. The molecule has 0 aliphatic carbocycles. The summed E-state index contributed by atoms with van der Waals surface area (Å²) >= 11 is 0. The zero-order valence-corrected chi connectivity index (χ0v) is 15.1. The molecule has 0 saturated carbocycles. The topological polar surface area (TPSA) is 103 Å².